The van der Waals surface area contributed by atoms with Crippen LogP contribution >= 0.6 is 0 Å². The van der Waals surface area contributed by atoms with Crippen LogP contribution in [-0.2, 0) is 0 Å². The van der Waals surface area contributed by atoms with Gasteiger partial charge in [0.25, 0.3) is 0 Å². The molecule has 0 atom stereocenters. The van der Waals surface area contributed by atoms with Crippen LogP contribution in [0.1, 0.15) is 5.69 Å². The summed E-state index contributed by atoms with van der Waals surface area (Å²) >= 11 is 0. The summed E-state index contributed by atoms with van der Waals surface area (Å²) in [7, 11) is 1.65. The maximum atomic E-state index is 5.08. The second kappa shape index (κ2) is 3.54. The molecule has 0 aliphatic rings. The molecule has 3 nitrogen and oxygen atoms in total. The van der Waals surface area contributed by atoms with Crippen molar-refractivity contribution in [2.24, 2.45) is 0 Å². The van der Waals surface area contributed by atoms with Gasteiger partial charge in [-0.3, -0.25) is 0 Å². The van der Waals surface area contributed by atoms with Gasteiger partial charge in [0.05, 0.1) is 19.0 Å². The second-order valence-electron chi connectivity index (χ2n) is 2.98. The zero-order valence-electron chi connectivity index (χ0n) is 8.19. The highest BCUT2D eigenvalue weighted by Gasteiger charge is 2.00. The quantitative estimate of drug-likeness (QED) is 0.718. The fourth-order valence-corrected chi connectivity index (χ4v) is 1.31. The van der Waals surface area contributed by atoms with Gasteiger partial charge in [0.2, 0.25) is 0 Å². The van der Waals surface area contributed by atoms with Crippen LogP contribution in [0.2, 0.25) is 0 Å². The lowest BCUT2D eigenvalue weighted by atomic mass is 10.3. The molecular formula is C11H11N2O. The smallest absolute Gasteiger partial charge is 0.119 e. The lowest BCUT2D eigenvalue weighted by Gasteiger charge is -2.04. The van der Waals surface area contributed by atoms with Gasteiger partial charge in [-0.2, -0.15) is 5.10 Å². The molecule has 14 heavy (non-hydrogen) atoms. The largest absolute Gasteiger partial charge is 0.497 e. The van der Waals surface area contributed by atoms with Gasteiger partial charge in [-0.25, -0.2) is 4.68 Å². The molecule has 0 amide bonds. The maximum Gasteiger partial charge on any atom is 0.119 e. The first-order valence-corrected chi connectivity index (χ1v) is 4.38. The zero-order valence-corrected chi connectivity index (χ0v) is 8.19. The van der Waals surface area contributed by atoms with Crippen LogP contribution in [0.4, 0.5) is 0 Å². The van der Waals surface area contributed by atoms with Crippen molar-refractivity contribution >= 4 is 0 Å². The average Bonchev–Trinajstić information content (AvgIpc) is 2.65. The van der Waals surface area contributed by atoms with Crippen molar-refractivity contribution < 1.29 is 4.74 Å². The second-order valence-corrected chi connectivity index (χ2v) is 2.98. The van der Waals surface area contributed by atoms with E-state index in [0.717, 1.165) is 17.1 Å². The molecule has 0 spiro atoms. The molecule has 2 rings (SSSR count). The Labute approximate surface area is 82.9 Å². The third-order valence-corrected chi connectivity index (χ3v) is 2.08. The number of methoxy groups -OCH3 is 1. The molecule has 1 heterocycles. The summed E-state index contributed by atoms with van der Waals surface area (Å²) in [5.41, 5.74) is 2.01. The van der Waals surface area contributed by atoms with Crippen LogP contribution in [0.3, 0.4) is 0 Å². The van der Waals surface area contributed by atoms with Gasteiger partial charge in [-0.15, -0.1) is 0 Å². The molecule has 1 aromatic heterocycles. The first-order chi connectivity index (χ1) is 6.81. The van der Waals surface area contributed by atoms with Gasteiger partial charge in [0, 0.05) is 11.8 Å². The van der Waals surface area contributed by atoms with E-state index in [1.807, 2.05) is 35.9 Å². The molecule has 0 fully saturated rings. The Bertz CT molecular complexity index is 417. The van der Waals surface area contributed by atoms with E-state index >= 15 is 0 Å². The lowest BCUT2D eigenvalue weighted by Crippen LogP contribution is -1.97. The predicted molar refractivity (Wildman–Crippen MR) is 53.7 cm³/mol. The highest BCUT2D eigenvalue weighted by atomic mass is 16.5. The van der Waals surface area contributed by atoms with E-state index < -0.39 is 0 Å². The van der Waals surface area contributed by atoms with Gasteiger partial charge in [0.15, 0.2) is 0 Å². The summed E-state index contributed by atoms with van der Waals surface area (Å²) < 4.78 is 6.91. The Morgan fingerprint density at radius 1 is 1.29 bits per heavy atom. The van der Waals surface area contributed by atoms with Crippen LogP contribution in [0.5, 0.6) is 5.75 Å². The van der Waals surface area contributed by atoms with E-state index in [1.165, 1.54) is 0 Å². The molecule has 71 valence electrons. The van der Waals surface area contributed by atoms with Crippen molar-refractivity contribution in [1.29, 1.82) is 0 Å². The minimum absolute atomic E-state index is 0.850. The number of rotatable bonds is 2. The van der Waals surface area contributed by atoms with E-state index in [-0.39, 0.29) is 0 Å². The average molecular weight is 187 g/mol. The third-order valence-electron chi connectivity index (χ3n) is 2.08. The number of nitrogens with zero attached hydrogens (tertiary/aromatic N) is 2. The molecule has 1 radical (unpaired) electrons. The summed E-state index contributed by atoms with van der Waals surface area (Å²) in [5.74, 6) is 0.850. The number of ether oxygens (including phenoxy) is 1. The third kappa shape index (κ3) is 1.48. The van der Waals surface area contributed by atoms with Gasteiger partial charge >= 0.3 is 0 Å². The first-order valence-electron chi connectivity index (χ1n) is 4.38. The van der Waals surface area contributed by atoms with Crippen LogP contribution in [0, 0.1) is 13.0 Å². The van der Waals surface area contributed by atoms with Crippen LogP contribution in [0.15, 0.2) is 30.5 Å². The molecule has 0 saturated heterocycles. The number of hydrogen-bond acceptors (Lipinski definition) is 2. The van der Waals surface area contributed by atoms with Crippen molar-refractivity contribution in [2.45, 2.75) is 6.92 Å². The van der Waals surface area contributed by atoms with Crippen molar-refractivity contribution in [3.05, 3.63) is 42.2 Å². The zero-order chi connectivity index (χ0) is 9.97. The Morgan fingerprint density at radius 2 is 2.00 bits per heavy atom. The van der Waals surface area contributed by atoms with Crippen molar-refractivity contribution in [2.75, 3.05) is 7.11 Å². The van der Waals surface area contributed by atoms with Gasteiger partial charge in [-0.05, 0) is 31.2 Å². The van der Waals surface area contributed by atoms with Crippen molar-refractivity contribution in [3.8, 4) is 11.4 Å². The number of aryl methyl sites for hydroxylation is 1. The standard InChI is InChI=1S/C11H11N2O/c1-9-7-8-12-13(9)10-3-5-11(14-2)6-4-10/h3-6,8H,1-2H3. The number of benzene rings is 1. The highest BCUT2D eigenvalue weighted by Crippen LogP contribution is 2.15. The van der Waals surface area contributed by atoms with Crippen molar-refractivity contribution in [1.82, 2.24) is 9.78 Å². The molecule has 0 aliphatic heterocycles. The van der Waals surface area contributed by atoms with Gasteiger partial charge < -0.3 is 4.74 Å². The summed E-state index contributed by atoms with van der Waals surface area (Å²) in [6, 6.07) is 10.8. The molecule has 0 N–H and O–H groups in total. The summed E-state index contributed by atoms with van der Waals surface area (Å²) in [6.07, 6.45) is 1.67. The molecule has 3 heteroatoms. The van der Waals surface area contributed by atoms with E-state index in [4.69, 9.17) is 4.74 Å². The fraction of sp³-hybridized carbons (Fsp3) is 0.182. The van der Waals surface area contributed by atoms with Crippen LogP contribution < -0.4 is 4.74 Å². The summed E-state index contributed by atoms with van der Waals surface area (Å²) in [5, 5.41) is 4.16. The summed E-state index contributed by atoms with van der Waals surface area (Å²) in [6.45, 7) is 1.97. The van der Waals surface area contributed by atoms with Gasteiger partial charge in [-0.1, -0.05) is 0 Å². The molecule has 2 aromatic rings. The first kappa shape index (κ1) is 8.81. The van der Waals surface area contributed by atoms with E-state index in [0.29, 0.717) is 0 Å². The molecule has 0 aliphatic carbocycles. The lowest BCUT2D eigenvalue weighted by molar-refractivity contribution is 0.414. The Hall–Kier alpha value is -1.77. The molecule has 0 bridgehead atoms. The van der Waals surface area contributed by atoms with E-state index in [2.05, 4.69) is 11.2 Å². The minimum Gasteiger partial charge on any atom is -0.497 e. The SMILES string of the molecule is COc1ccc(-n2nc[c]c2C)cc1. The summed E-state index contributed by atoms with van der Waals surface area (Å²) in [4.78, 5) is 0. The Kier molecular flexibility index (Phi) is 2.23. The van der Waals surface area contributed by atoms with E-state index in [1.54, 1.807) is 13.3 Å². The molecule has 1 aromatic carbocycles. The van der Waals surface area contributed by atoms with Crippen LogP contribution in [-0.4, -0.2) is 16.9 Å². The van der Waals surface area contributed by atoms with Crippen LogP contribution in [0.25, 0.3) is 5.69 Å². The topological polar surface area (TPSA) is 27.1 Å². The van der Waals surface area contributed by atoms with Crippen molar-refractivity contribution in [3.63, 3.8) is 0 Å². The normalized spacial score (nSPS) is 10.1. The molecule has 0 saturated carbocycles. The minimum atomic E-state index is 0.850. The highest BCUT2D eigenvalue weighted by molar-refractivity contribution is 5.37. The molecular weight excluding hydrogens is 176 g/mol. The predicted octanol–water partition coefficient (Wildman–Crippen LogP) is 1.99. The maximum absolute atomic E-state index is 5.08. The fourth-order valence-electron chi connectivity index (χ4n) is 1.31. The number of aromatic nitrogens is 2. The molecule has 0 unspecified atom stereocenters. The monoisotopic (exact) mass is 187 g/mol. The van der Waals surface area contributed by atoms with Gasteiger partial charge in [0.1, 0.15) is 5.75 Å². The Balaban J connectivity index is 2.39. The number of hydrogen-bond donors (Lipinski definition) is 0. The van der Waals surface area contributed by atoms with E-state index in [9.17, 15) is 0 Å². The Morgan fingerprint density at radius 3 is 2.50 bits per heavy atom.